The van der Waals surface area contributed by atoms with Gasteiger partial charge in [-0.15, -0.1) is 0 Å². The zero-order valence-electron chi connectivity index (χ0n) is 25.1. The highest BCUT2D eigenvalue weighted by Crippen LogP contribution is 2.31. The molecule has 2 aromatic heterocycles. The number of aromatic nitrogens is 3. The number of nitrogens with two attached hydrogens (primary N) is 3. The number of guanidine groups is 1. The Morgan fingerprint density at radius 3 is 2.55 bits per heavy atom. The van der Waals surface area contributed by atoms with E-state index < -0.39 is 22.5 Å². The van der Waals surface area contributed by atoms with Crippen LogP contribution in [0.5, 0.6) is 0 Å². The zero-order valence-corrected chi connectivity index (χ0v) is 26.7. The van der Waals surface area contributed by atoms with Crippen molar-refractivity contribution in [2.24, 2.45) is 22.2 Å². The van der Waals surface area contributed by atoms with E-state index >= 15 is 4.39 Å². The summed E-state index contributed by atoms with van der Waals surface area (Å²) in [7, 11) is 0.518. The third-order valence-electron chi connectivity index (χ3n) is 6.52. The van der Waals surface area contributed by atoms with Gasteiger partial charge in [-0.2, -0.15) is 4.98 Å². The molecule has 0 bridgehead atoms. The standard InChI is InChI=1S/C28H33ClFN5O3S.C2H7N3/c1-18(31)5-3-6-20-13-23(26(30)24(29)14-20)25-15-21-16-35(28(36)34-27(21)33-25)22-9-7-19(8-10-22)17-38-12-4-11-32-39(2)37;1-5-2(3)4/h7-10,13-16,18,32H,3-6,11-12,17,31H2,1-2H3,(H,33,34,36);1H3,(H4,3,4,5). The fourth-order valence-corrected chi connectivity index (χ4v) is 4.94. The number of halogens is 2. The number of nitrogens with one attached hydrogen (secondary N) is 2. The van der Waals surface area contributed by atoms with E-state index in [0.717, 1.165) is 36.8 Å². The lowest BCUT2D eigenvalue weighted by molar-refractivity contribution is 0.119. The number of aryl methyl sites for hydroxylation is 1. The molecular weight excluding hydrogens is 607 g/mol. The van der Waals surface area contributed by atoms with Crippen molar-refractivity contribution in [3.8, 4) is 16.9 Å². The lowest BCUT2D eigenvalue weighted by Gasteiger charge is -2.09. The summed E-state index contributed by atoms with van der Waals surface area (Å²) in [6, 6.07) is 12.7. The molecule has 4 aromatic rings. The Bertz CT molecular complexity index is 1640. The van der Waals surface area contributed by atoms with Crippen LogP contribution in [0, 0.1) is 5.82 Å². The summed E-state index contributed by atoms with van der Waals surface area (Å²) in [6.07, 6.45) is 6.51. The largest absolute Gasteiger partial charge is 0.377 e. The first-order chi connectivity index (χ1) is 21.0. The van der Waals surface area contributed by atoms with Gasteiger partial charge in [0.15, 0.2) is 11.8 Å². The molecule has 0 fully saturated rings. The molecule has 44 heavy (non-hydrogen) atoms. The highest BCUT2D eigenvalue weighted by atomic mass is 35.5. The lowest BCUT2D eigenvalue weighted by Crippen LogP contribution is -2.21. The first kappa shape index (κ1) is 34.9. The van der Waals surface area contributed by atoms with E-state index in [1.165, 1.54) is 11.6 Å². The minimum absolute atomic E-state index is 0.0487. The molecule has 0 radical (unpaired) electrons. The number of rotatable bonds is 13. The summed E-state index contributed by atoms with van der Waals surface area (Å²) in [4.78, 5) is 23.4. The van der Waals surface area contributed by atoms with Gasteiger partial charge in [0.05, 0.1) is 34.0 Å². The van der Waals surface area contributed by atoms with Gasteiger partial charge < -0.3 is 26.9 Å². The molecule has 238 valence electrons. The molecule has 0 saturated heterocycles. The molecule has 0 aliphatic carbocycles. The van der Waals surface area contributed by atoms with Crippen LogP contribution >= 0.6 is 11.6 Å². The number of H-pyrrole nitrogens is 1. The molecule has 8 N–H and O–H groups in total. The van der Waals surface area contributed by atoms with Crippen molar-refractivity contribution in [3.05, 3.63) is 81.1 Å². The van der Waals surface area contributed by atoms with E-state index in [1.807, 2.05) is 31.2 Å². The highest BCUT2D eigenvalue weighted by molar-refractivity contribution is 7.82. The van der Waals surface area contributed by atoms with Crippen LogP contribution < -0.4 is 27.6 Å². The van der Waals surface area contributed by atoms with Gasteiger partial charge in [0.2, 0.25) is 0 Å². The number of aromatic amines is 1. The second-order valence-corrected chi connectivity index (χ2v) is 11.9. The molecule has 4 rings (SSSR count). The Balaban J connectivity index is 0.000000978. The highest BCUT2D eigenvalue weighted by Gasteiger charge is 2.15. The maximum atomic E-state index is 15.0. The summed E-state index contributed by atoms with van der Waals surface area (Å²) in [5.41, 5.74) is 18.8. The quantitative estimate of drug-likeness (QED) is 0.0837. The number of benzene rings is 2. The molecule has 2 aromatic carbocycles. The minimum atomic E-state index is -1.02. The fourth-order valence-electron chi connectivity index (χ4n) is 4.27. The SMILES string of the molecule is CC(N)CCCc1cc(Cl)c(F)c(-c2cc3cn(-c4ccc(COCCCNS(C)=O)cc4)c(=O)nc3[nH]2)c1.CN=C(N)N. The van der Waals surface area contributed by atoms with Gasteiger partial charge >= 0.3 is 5.69 Å². The molecule has 14 heteroatoms. The van der Waals surface area contributed by atoms with Gasteiger partial charge in [0.1, 0.15) is 5.65 Å². The maximum absolute atomic E-state index is 15.0. The van der Waals surface area contributed by atoms with Gasteiger partial charge in [0, 0.05) is 49.6 Å². The summed E-state index contributed by atoms with van der Waals surface area (Å²) in [6.45, 7) is 3.56. The number of ether oxygens (including phenoxy) is 1. The van der Waals surface area contributed by atoms with Crippen molar-refractivity contribution in [1.82, 2.24) is 19.3 Å². The monoisotopic (exact) mass is 646 g/mol. The van der Waals surface area contributed by atoms with Crippen molar-refractivity contribution in [2.45, 2.75) is 45.3 Å². The summed E-state index contributed by atoms with van der Waals surface area (Å²) < 4.78 is 36.0. The van der Waals surface area contributed by atoms with Crippen LogP contribution in [-0.4, -0.2) is 57.2 Å². The molecule has 2 unspecified atom stereocenters. The van der Waals surface area contributed by atoms with E-state index in [4.69, 9.17) is 33.5 Å². The Labute approximate surface area is 263 Å². The smallest absolute Gasteiger partial charge is 0.354 e. The predicted octanol–water partition coefficient (Wildman–Crippen LogP) is 3.52. The molecule has 11 nitrogen and oxygen atoms in total. The third kappa shape index (κ3) is 10.5. The van der Waals surface area contributed by atoms with Crippen molar-refractivity contribution < 1.29 is 13.3 Å². The average molecular weight is 647 g/mol. The molecule has 2 atom stereocenters. The average Bonchev–Trinajstić information content (AvgIpc) is 3.39. The van der Waals surface area contributed by atoms with E-state index in [-0.39, 0.29) is 17.0 Å². The second kappa shape index (κ2) is 17.0. The number of hydrogen-bond donors (Lipinski definition) is 5. The van der Waals surface area contributed by atoms with Crippen LogP contribution in [0.1, 0.15) is 37.3 Å². The van der Waals surface area contributed by atoms with Gasteiger partial charge in [-0.25, -0.2) is 18.1 Å². The van der Waals surface area contributed by atoms with Crippen LogP contribution in [0.2, 0.25) is 5.02 Å². The first-order valence-corrected chi connectivity index (χ1v) is 16.0. The Hall–Kier alpha value is -3.62. The minimum Gasteiger partial charge on any atom is -0.377 e. The van der Waals surface area contributed by atoms with Crippen molar-refractivity contribution in [1.29, 1.82) is 0 Å². The summed E-state index contributed by atoms with van der Waals surface area (Å²) in [5, 5.41) is 0.712. The molecule has 0 amide bonds. The van der Waals surface area contributed by atoms with Crippen LogP contribution in [0.4, 0.5) is 4.39 Å². The molecule has 0 aliphatic heterocycles. The maximum Gasteiger partial charge on any atom is 0.354 e. The first-order valence-electron chi connectivity index (χ1n) is 14.1. The Morgan fingerprint density at radius 1 is 1.20 bits per heavy atom. The second-order valence-electron chi connectivity index (χ2n) is 10.3. The van der Waals surface area contributed by atoms with Crippen LogP contribution in [-0.2, 0) is 28.8 Å². The summed E-state index contributed by atoms with van der Waals surface area (Å²) in [5.74, 6) is -0.395. The third-order valence-corrected chi connectivity index (χ3v) is 7.41. The van der Waals surface area contributed by atoms with E-state index in [2.05, 4.69) is 19.7 Å². The number of hydrogen-bond acceptors (Lipinski definition) is 6. The van der Waals surface area contributed by atoms with Crippen LogP contribution in [0.3, 0.4) is 0 Å². The van der Waals surface area contributed by atoms with Gasteiger partial charge in [-0.05, 0) is 74.1 Å². The number of fused-ring (bicyclic) bond motifs is 1. The Kier molecular flexibility index (Phi) is 13.5. The van der Waals surface area contributed by atoms with Crippen molar-refractivity contribution in [2.75, 3.05) is 26.5 Å². The molecular formula is C30H40ClFN8O3S. The predicted molar refractivity (Wildman–Crippen MR) is 177 cm³/mol. The number of aliphatic imine (C=N–C) groups is 1. The van der Waals surface area contributed by atoms with Crippen LogP contribution in [0.15, 0.2) is 58.4 Å². The molecule has 0 saturated carbocycles. The molecule has 2 heterocycles. The van der Waals surface area contributed by atoms with Gasteiger partial charge in [-0.1, -0.05) is 23.7 Å². The molecule has 0 aliphatic rings. The normalized spacial score (nSPS) is 12.4. The van der Waals surface area contributed by atoms with Crippen LogP contribution in [0.25, 0.3) is 28.0 Å². The van der Waals surface area contributed by atoms with E-state index in [0.29, 0.717) is 47.7 Å². The van der Waals surface area contributed by atoms with Crippen molar-refractivity contribution in [3.63, 3.8) is 0 Å². The lowest BCUT2D eigenvalue weighted by atomic mass is 10.0. The molecule has 0 spiro atoms. The zero-order chi connectivity index (χ0) is 32.2. The summed E-state index contributed by atoms with van der Waals surface area (Å²) >= 11 is 6.21. The Morgan fingerprint density at radius 2 is 1.91 bits per heavy atom. The van der Waals surface area contributed by atoms with E-state index in [1.54, 1.807) is 30.7 Å². The number of nitrogens with zero attached hydrogens (tertiary/aromatic N) is 3. The topological polar surface area (TPSA) is 179 Å². The van der Waals surface area contributed by atoms with Gasteiger partial charge in [0.25, 0.3) is 0 Å². The van der Waals surface area contributed by atoms with Crippen molar-refractivity contribution >= 4 is 39.6 Å². The van der Waals surface area contributed by atoms with Gasteiger partial charge in [-0.3, -0.25) is 9.56 Å². The fraction of sp³-hybridized carbons (Fsp3) is 0.367. The van der Waals surface area contributed by atoms with E-state index in [9.17, 15) is 9.00 Å².